The number of carbonyl (C=O) groups excluding carboxylic acids is 1. The van der Waals surface area contributed by atoms with Gasteiger partial charge in [-0.25, -0.2) is 0 Å². The molecule has 2 aliphatic rings. The average Bonchev–Trinajstić information content (AvgIpc) is 2.73. The number of ketones is 1. The molecular weight excluding hydrogens is 428 g/mol. The Morgan fingerprint density at radius 1 is 0.875 bits per heavy atom. The summed E-state index contributed by atoms with van der Waals surface area (Å²) in [5, 5.41) is 69.7. The zero-order valence-electron chi connectivity index (χ0n) is 16.7. The molecule has 0 aromatic heterocycles. The van der Waals surface area contributed by atoms with E-state index in [-0.39, 0.29) is 22.6 Å². The second-order valence-corrected chi connectivity index (χ2v) is 7.73. The molecule has 1 saturated heterocycles. The lowest BCUT2D eigenvalue weighted by Crippen LogP contribution is -2.59. The molecule has 2 heterocycles. The van der Waals surface area contributed by atoms with Gasteiger partial charge in [0.05, 0.1) is 6.10 Å². The first-order valence-electron chi connectivity index (χ1n) is 9.72. The highest BCUT2D eigenvalue weighted by Crippen LogP contribution is 2.44. The zero-order chi connectivity index (χ0) is 23.3. The van der Waals surface area contributed by atoms with Gasteiger partial charge in [0.15, 0.2) is 30.0 Å². The molecule has 2 aromatic carbocycles. The number of hydrogen-bond acceptors (Lipinski definition) is 11. The second kappa shape index (κ2) is 8.11. The average molecular weight is 450 g/mol. The Hall–Kier alpha value is -3.09. The van der Waals surface area contributed by atoms with E-state index in [0.717, 1.165) is 18.2 Å². The summed E-state index contributed by atoms with van der Waals surface area (Å²) in [6.07, 6.45) is -10.0. The van der Waals surface area contributed by atoms with Gasteiger partial charge in [-0.3, -0.25) is 4.79 Å². The van der Waals surface area contributed by atoms with Crippen molar-refractivity contribution in [2.75, 3.05) is 0 Å². The summed E-state index contributed by atoms with van der Waals surface area (Å²) in [6.45, 7) is 1.44. The van der Waals surface area contributed by atoms with E-state index >= 15 is 0 Å². The maximum Gasteiger partial charge on any atom is 0.203 e. The number of carbonyl (C=O) groups is 1. The van der Waals surface area contributed by atoms with Crippen molar-refractivity contribution >= 4 is 5.78 Å². The van der Waals surface area contributed by atoms with Gasteiger partial charge in [0.25, 0.3) is 0 Å². The van der Waals surface area contributed by atoms with Crippen molar-refractivity contribution in [3.8, 4) is 28.7 Å². The third kappa shape index (κ3) is 3.70. The first-order valence-corrected chi connectivity index (χ1v) is 9.72. The number of phenols is 4. The number of ether oxygens (including phenoxy) is 3. The van der Waals surface area contributed by atoms with Gasteiger partial charge in [0, 0.05) is 12.1 Å². The maximum atomic E-state index is 13.3. The molecule has 2 aliphatic heterocycles. The molecular formula is C21H22O11. The quantitative estimate of drug-likeness (QED) is 0.313. The molecule has 0 aliphatic carbocycles. The van der Waals surface area contributed by atoms with E-state index in [4.69, 9.17) is 14.2 Å². The van der Waals surface area contributed by atoms with Gasteiger partial charge >= 0.3 is 0 Å². The van der Waals surface area contributed by atoms with E-state index < -0.39 is 65.9 Å². The van der Waals surface area contributed by atoms with Crippen LogP contribution in [-0.4, -0.2) is 78.3 Å². The van der Waals surface area contributed by atoms with E-state index in [9.17, 15) is 40.5 Å². The van der Waals surface area contributed by atoms with E-state index in [2.05, 4.69) is 0 Å². The number of phenolic OH excluding ortho intramolecular Hbond substituents is 4. The lowest BCUT2D eigenvalue weighted by molar-refractivity contribution is -0.304. The summed E-state index contributed by atoms with van der Waals surface area (Å²) in [5.41, 5.74) is -0.1000. The summed E-state index contributed by atoms with van der Waals surface area (Å²) < 4.78 is 16.9. The number of aromatic hydroxyl groups is 4. The molecule has 0 radical (unpaired) electrons. The number of aliphatic hydroxyl groups is 3. The molecule has 11 nitrogen and oxygen atoms in total. The van der Waals surface area contributed by atoms with Gasteiger partial charge < -0.3 is 50.0 Å². The molecule has 4 rings (SSSR count). The smallest absolute Gasteiger partial charge is 0.203 e. The maximum absolute atomic E-state index is 13.3. The minimum absolute atomic E-state index is 0.154. The second-order valence-electron chi connectivity index (χ2n) is 7.73. The van der Waals surface area contributed by atoms with Crippen LogP contribution in [-0.2, 0) is 9.47 Å². The van der Waals surface area contributed by atoms with Gasteiger partial charge in [0.1, 0.15) is 41.1 Å². The van der Waals surface area contributed by atoms with Crippen LogP contribution in [0.4, 0.5) is 0 Å². The van der Waals surface area contributed by atoms with Gasteiger partial charge in [-0.2, -0.15) is 0 Å². The molecule has 2 aromatic rings. The van der Waals surface area contributed by atoms with Crippen molar-refractivity contribution in [3.63, 3.8) is 0 Å². The van der Waals surface area contributed by atoms with E-state index in [1.54, 1.807) is 0 Å². The van der Waals surface area contributed by atoms with E-state index in [1.807, 2.05) is 0 Å². The number of benzene rings is 2. The number of aliphatic hydroxyl groups excluding tert-OH is 3. The number of fused-ring (bicyclic) bond motifs is 1. The Bertz CT molecular complexity index is 1040. The van der Waals surface area contributed by atoms with Crippen LogP contribution in [0.5, 0.6) is 28.7 Å². The van der Waals surface area contributed by atoms with Crippen LogP contribution in [0.2, 0.25) is 0 Å². The highest BCUT2D eigenvalue weighted by molar-refractivity contribution is 6.05. The Morgan fingerprint density at radius 3 is 2.28 bits per heavy atom. The van der Waals surface area contributed by atoms with Gasteiger partial charge in [-0.05, 0) is 24.6 Å². The third-order valence-electron chi connectivity index (χ3n) is 5.52. The fraction of sp³-hybridized carbons (Fsp3) is 0.381. The van der Waals surface area contributed by atoms with Crippen LogP contribution in [0.25, 0.3) is 0 Å². The zero-order valence-corrected chi connectivity index (χ0v) is 16.7. The highest BCUT2D eigenvalue weighted by Gasteiger charge is 2.48. The summed E-state index contributed by atoms with van der Waals surface area (Å²) in [6, 6.07) is 5.72. The Kier molecular flexibility index (Phi) is 5.61. The molecule has 0 unspecified atom stereocenters. The molecule has 1 fully saturated rings. The predicted molar refractivity (Wildman–Crippen MR) is 104 cm³/mol. The minimum atomic E-state index is -1.71. The Morgan fingerprint density at radius 2 is 1.59 bits per heavy atom. The van der Waals surface area contributed by atoms with Gasteiger partial charge in [-0.15, -0.1) is 0 Å². The van der Waals surface area contributed by atoms with Crippen molar-refractivity contribution in [3.05, 3.63) is 41.5 Å². The SMILES string of the molecule is C[C@@H]1O[C@@H](O[C@@H]2C(=O)c3c(O)cc(O)cc3O[C@@H]2c2ccc(O)c(O)c2)[C@@H](O)[C@@H](O)[C@H]1O. The number of Topliss-reactive ketones (excluding diaryl/α,β-unsaturated/α-hetero) is 1. The van der Waals surface area contributed by atoms with E-state index in [1.165, 1.54) is 19.1 Å². The van der Waals surface area contributed by atoms with Crippen molar-refractivity contribution < 1.29 is 54.8 Å². The summed E-state index contributed by atoms with van der Waals surface area (Å²) in [4.78, 5) is 13.3. The lowest BCUT2D eigenvalue weighted by atomic mass is 9.92. The van der Waals surface area contributed by atoms with Gasteiger partial charge in [0.2, 0.25) is 5.78 Å². The minimum Gasteiger partial charge on any atom is -0.508 e. The summed E-state index contributed by atoms with van der Waals surface area (Å²) >= 11 is 0. The van der Waals surface area contributed by atoms with Crippen LogP contribution in [0.3, 0.4) is 0 Å². The topological polar surface area (TPSA) is 186 Å². The summed E-state index contributed by atoms with van der Waals surface area (Å²) in [7, 11) is 0. The monoisotopic (exact) mass is 450 g/mol. The molecule has 11 heteroatoms. The first-order chi connectivity index (χ1) is 15.1. The van der Waals surface area contributed by atoms with Crippen LogP contribution in [0.15, 0.2) is 30.3 Å². The standard InChI is InChI=1S/C21H22O11/c1-7-15(26)17(28)18(29)21(30-7)32-20-16(27)14-12(25)5-9(22)6-13(14)31-19(20)8-2-3-10(23)11(24)4-8/h2-7,15,17-26,28-29H,1H3/t7-,15-,17-,18-,19+,20+,21-/m0/s1. The van der Waals surface area contributed by atoms with Gasteiger partial charge in [-0.1, -0.05) is 6.07 Å². The van der Waals surface area contributed by atoms with E-state index in [0.29, 0.717) is 0 Å². The lowest BCUT2D eigenvalue weighted by Gasteiger charge is -2.42. The summed E-state index contributed by atoms with van der Waals surface area (Å²) in [5.74, 6) is -2.79. The normalized spacial score (nSPS) is 32.2. The molecule has 0 saturated carbocycles. The largest absolute Gasteiger partial charge is 0.508 e. The molecule has 7 N–H and O–H groups in total. The molecule has 172 valence electrons. The molecule has 7 atom stereocenters. The van der Waals surface area contributed by atoms with Crippen molar-refractivity contribution in [1.29, 1.82) is 0 Å². The molecule has 0 bridgehead atoms. The Balaban J connectivity index is 1.75. The van der Waals surface area contributed by atoms with Crippen LogP contribution >= 0.6 is 0 Å². The fourth-order valence-corrected chi connectivity index (χ4v) is 3.77. The predicted octanol–water partition coefficient (Wildman–Crippen LogP) is 0.0381. The van der Waals surface area contributed by atoms with Crippen molar-refractivity contribution in [2.24, 2.45) is 0 Å². The van der Waals surface area contributed by atoms with Crippen molar-refractivity contribution in [1.82, 2.24) is 0 Å². The molecule has 0 amide bonds. The molecule has 0 spiro atoms. The number of hydrogen-bond donors (Lipinski definition) is 7. The van der Waals surface area contributed by atoms with Crippen molar-refractivity contribution in [2.45, 2.75) is 49.8 Å². The molecule has 32 heavy (non-hydrogen) atoms. The fourth-order valence-electron chi connectivity index (χ4n) is 3.77. The van der Waals surface area contributed by atoms with Crippen LogP contribution in [0, 0.1) is 0 Å². The van der Waals surface area contributed by atoms with Crippen LogP contribution in [0.1, 0.15) is 28.9 Å². The number of rotatable bonds is 3. The third-order valence-corrected chi connectivity index (χ3v) is 5.52. The highest BCUT2D eigenvalue weighted by atomic mass is 16.7. The van der Waals surface area contributed by atoms with Crippen LogP contribution < -0.4 is 4.74 Å². The first kappa shape index (κ1) is 22.1. The Labute approximate surface area is 181 Å².